The molecule has 7 nitrogen and oxygen atoms in total. The molecule has 2 heterocycles. The van der Waals surface area contributed by atoms with Crippen LogP contribution >= 0.6 is 0 Å². The number of fused-ring (bicyclic) bond motifs is 1. The van der Waals surface area contributed by atoms with E-state index in [2.05, 4.69) is 6.58 Å². The number of aliphatic hydroxyl groups is 2. The minimum Gasteiger partial charge on any atom is -0.387 e. The van der Waals surface area contributed by atoms with Gasteiger partial charge in [0.05, 0.1) is 12.4 Å². The Balaban J connectivity index is 1.77. The summed E-state index contributed by atoms with van der Waals surface area (Å²) in [6.45, 7) is 5.20. The molecule has 2 aliphatic heterocycles. The molecule has 1 aromatic carbocycles. The van der Waals surface area contributed by atoms with Crippen LogP contribution in [0.2, 0.25) is 0 Å². The van der Waals surface area contributed by atoms with Crippen LogP contribution in [0, 0.1) is 0 Å². The first-order valence-corrected chi connectivity index (χ1v) is 9.70. The summed E-state index contributed by atoms with van der Waals surface area (Å²) >= 11 is 0. The fourth-order valence-electron chi connectivity index (χ4n) is 3.08. The van der Waals surface area contributed by atoms with Gasteiger partial charge in [-0.1, -0.05) is 42.5 Å². The Bertz CT molecular complexity index is 716. The van der Waals surface area contributed by atoms with Crippen LogP contribution in [0.15, 0.2) is 42.5 Å². The summed E-state index contributed by atoms with van der Waals surface area (Å²) in [5.41, 5.74) is -0.353. The van der Waals surface area contributed by atoms with Gasteiger partial charge in [0.15, 0.2) is 21.6 Å². The summed E-state index contributed by atoms with van der Waals surface area (Å²) in [5.74, 6) is -0.326. The molecule has 0 bridgehead atoms. The maximum absolute atomic E-state index is 12.4. The molecule has 0 amide bonds. The predicted octanol–water partition coefficient (Wildman–Crippen LogP) is 0.538. The summed E-state index contributed by atoms with van der Waals surface area (Å²) in [5, 5.41) is 20.7. The molecule has 0 unspecified atom stereocenters. The molecule has 8 heteroatoms. The van der Waals surface area contributed by atoms with Crippen molar-refractivity contribution < 1.29 is 32.8 Å². The van der Waals surface area contributed by atoms with E-state index in [1.165, 1.54) is 0 Å². The average Bonchev–Trinajstić information content (AvgIpc) is 2.57. The zero-order valence-corrected chi connectivity index (χ0v) is 14.6. The lowest BCUT2D eigenvalue weighted by Crippen LogP contribution is -2.63. The van der Waals surface area contributed by atoms with Crippen molar-refractivity contribution in [1.29, 1.82) is 0 Å². The van der Waals surface area contributed by atoms with Gasteiger partial charge in [-0.2, -0.15) is 0 Å². The molecule has 138 valence electrons. The highest BCUT2D eigenvalue weighted by Crippen LogP contribution is 2.35. The number of aliphatic hydroxyl groups excluding tert-OH is 2. The Morgan fingerprint density at radius 2 is 1.88 bits per heavy atom. The van der Waals surface area contributed by atoms with Gasteiger partial charge in [0.1, 0.15) is 24.4 Å². The highest BCUT2D eigenvalue weighted by atomic mass is 32.2. The highest BCUT2D eigenvalue weighted by molar-refractivity contribution is 7.92. The standard InChI is InChI=1S/C17H22O7S/c1-10(2)9-25(20,21)17-14(19)13(18)15-12(23-17)8-22-16(24-15)11-6-4-3-5-7-11/h3-7,12-19H,1,8-9H2,2H3/t12-,13-,14-,15-,16-,17+/m1/s1. The van der Waals surface area contributed by atoms with Gasteiger partial charge in [0.25, 0.3) is 0 Å². The van der Waals surface area contributed by atoms with Crippen LogP contribution in [0.4, 0.5) is 0 Å². The van der Waals surface area contributed by atoms with Crippen molar-refractivity contribution in [1.82, 2.24) is 0 Å². The Morgan fingerprint density at radius 3 is 2.52 bits per heavy atom. The summed E-state index contributed by atoms with van der Waals surface area (Å²) in [6.07, 6.45) is -5.40. The van der Waals surface area contributed by atoms with E-state index in [-0.39, 0.29) is 12.4 Å². The van der Waals surface area contributed by atoms with E-state index < -0.39 is 46.0 Å². The first-order valence-electron chi connectivity index (χ1n) is 7.99. The average molecular weight is 370 g/mol. The molecular formula is C17H22O7S. The highest BCUT2D eigenvalue weighted by Gasteiger charge is 2.52. The molecule has 0 saturated carbocycles. The molecule has 0 aromatic heterocycles. The van der Waals surface area contributed by atoms with Crippen LogP contribution in [0.25, 0.3) is 0 Å². The van der Waals surface area contributed by atoms with Crippen molar-refractivity contribution in [2.75, 3.05) is 12.4 Å². The van der Waals surface area contributed by atoms with Crippen molar-refractivity contribution >= 4 is 9.84 Å². The predicted molar refractivity (Wildman–Crippen MR) is 89.3 cm³/mol. The second kappa shape index (κ2) is 7.14. The van der Waals surface area contributed by atoms with Gasteiger partial charge in [-0.05, 0) is 6.92 Å². The molecule has 2 fully saturated rings. The largest absolute Gasteiger partial charge is 0.387 e. The monoisotopic (exact) mass is 370 g/mol. The van der Waals surface area contributed by atoms with Gasteiger partial charge in [0, 0.05) is 5.56 Å². The van der Waals surface area contributed by atoms with Crippen molar-refractivity contribution in [3.8, 4) is 0 Å². The first-order chi connectivity index (χ1) is 11.8. The molecule has 6 atom stereocenters. The topological polar surface area (TPSA) is 102 Å². The quantitative estimate of drug-likeness (QED) is 0.746. The van der Waals surface area contributed by atoms with Crippen molar-refractivity contribution in [3.05, 3.63) is 48.0 Å². The van der Waals surface area contributed by atoms with Crippen LogP contribution in [-0.4, -0.2) is 60.8 Å². The van der Waals surface area contributed by atoms with Crippen LogP contribution in [0.5, 0.6) is 0 Å². The van der Waals surface area contributed by atoms with Crippen LogP contribution in [0.1, 0.15) is 18.8 Å². The SMILES string of the molecule is C=C(C)CS(=O)(=O)[C@@H]1O[C@@H]2CO[C@@H](c3ccccc3)O[C@H]2[C@H](O)[C@H]1O. The number of rotatable bonds is 4. The summed E-state index contributed by atoms with van der Waals surface area (Å²) in [6, 6.07) is 9.15. The van der Waals surface area contributed by atoms with Crippen LogP contribution in [-0.2, 0) is 24.0 Å². The Kier molecular flexibility index (Phi) is 5.29. The second-order valence-corrected chi connectivity index (χ2v) is 8.54. The molecule has 0 radical (unpaired) electrons. The lowest BCUT2D eigenvalue weighted by molar-refractivity contribution is -0.319. The van der Waals surface area contributed by atoms with E-state index in [9.17, 15) is 18.6 Å². The first kappa shape index (κ1) is 18.5. The van der Waals surface area contributed by atoms with Crippen LogP contribution < -0.4 is 0 Å². The maximum atomic E-state index is 12.4. The van der Waals surface area contributed by atoms with Gasteiger partial charge in [0.2, 0.25) is 0 Å². The number of hydrogen-bond donors (Lipinski definition) is 2. The zero-order valence-electron chi connectivity index (χ0n) is 13.8. The third-order valence-corrected chi connectivity index (χ3v) is 6.20. The summed E-state index contributed by atoms with van der Waals surface area (Å²) in [7, 11) is -3.82. The van der Waals surface area contributed by atoms with Gasteiger partial charge >= 0.3 is 0 Å². The third kappa shape index (κ3) is 3.79. The molecule has 0 spiro atoms. The number of benzene rings is 1. The van der Waals surface area contributed by atoms with Gasteiger partial charge in [-0.15, -0.1) is 0 Å². The van der Waals surface area contributed by atoms with E-state index in [1.807, 2.05) is 30.3 Å². The van der Waals surface area contributed by atoms with E-state index in [4.69, 9.17) is 14.2 Å². The molecule has 0 aliphatic carbocycles. The molecule has 1 aromatic rings. The molecular weight excluding hydrogens is 348 g/mol. The zero-order chi connectivity index (χ0) is 18.2. The molecule has 3 rings (SSSR count). The minimum absolute atomic E-state index is 0.0487. The molecule has 25 heavy (non-hydrogen) atoms. The number of hydrogen-bond acceptors (Lipinski definition) is 7. The Morgan fingerprint density at radius 1 is 1.20 bits per heavy atom. The Hall–Kier alpha value is -1.29. The smallest absolute Gasteiger partial charge is 0.187 e. The van der Waals surface area contributed by atoms with Crippen molar-refractivity contribution in [3.63, 3.8) is 0 Å². The fraction of sp³-hybridized carbons (Fsp3) is 0.529. The van der Waals surface area contributed by atoms with Crippen molar-refractivity contribution in [2.24, 2.45) is 0 Å². The molecule has 2 saturated heterocycles. The van der Waals surface area contributed by atoms with E-state index >= 15 is 0 Å². The lowest BCUT2D eigenvalue weighted by Gasteiger charge is -2.46. The van der Waals surface area contributed by atoms with Gasteiger partial charge in [-0.3, -0.25) is 0 Å². The molecule has 2 aliphatic rings. The van der Waals surface area contributed by atoms with Crippen LogP contribution in [0.3, 0.4) is 0 Å². The van der Waals surface area contributed by atoms with Crippen molar-refractivity contribution in [2.45, 2.75) is 43.1 Å². The normalized spacial score (nSPS) is 35.8. The van der Waals surface area contributed by atoms with E-state index in [0.717, 1.165) is 5.56 Å². The van der Waals surface area contributed by atoms with E-state index in [0.29, 0.717) is 5.57 Å². The lowest BCUT2D eigenvalue weighted by atomic mass is 9.99. The van der Waals surface area contributed by atoms with E-state index in [1.54, 1.807) is 6.92 Å². The number of ether oxygens (including phenoxy) is 3. The van der Waals surface area contributed by atoms with Gasteiger partial charge in [-0.25, -0.2) is 8.42 Å². The van der Waals surface area contributed by atoms with Gasteiger partial charge < -0.3 is 24.4 Å². The summed E-state index contributed by atoms with van der Waals surface area (Å²) < 4.78 is 41.6. The minimum atomic E-state index is -3.82. The third-order valence-electron chi connectivity index (χ3n) is 4.21. The summed E-state index contributed by atoms with van der Waals surface area (Å²) in [4.78, 5) is 0. The Labute approximate surface area is 146 Å². The molecule has 2 N–H and O–H groups in total. The number of sulfone groups is 1. The fourth-order valence-corrected chi connectivity index (χ4v) is 4.83. The maximum Gasteiger partial charge on any atom is 0.187 e. The second-order valence-electron chi connectivity index (χ2n) is 6.47.